The Morgan fingerprint density at radius 1 is 0.574 bits per heavy atom. The third kappa shape index (κ3) is 6.21. The number of fused-ring (bicyclic) bond motifs is 4. The van der Waals surface area contributed by atoms with Crippen LogP contribution >= 0.6 is 0 Å². The Balaban J connectivity index is 1.30. The average molecular weight is 953 g/mol. The molecule has 4 aliphatic heterocycles. The number of rotatable bonds is 2. The number of hydrogen-bond acceptors (Lipinski definition) is 27. The number of phenols is 11. The molecule has 68 heavy (non-hydrogen) atoms. The van der Waals surface area contributed by atoms with Crippen LogP contribution in [0, 0.1) is 0 Å². The molecular formula is C41H28O27. The van der Waals surface area contributed by atoms with E-state index in [0.717, 1.165) is 0 Å². The number of ether oxygens (including phenoxy) is 7. The molecule has 0 radical (unpaired) electrons. The number of benzene rings is 4. The molecule has 1 fully saturated rings. The minimum atomic E-state index is -3.98. The summed E-state index contributed by atoms with van der Waals surface area (Å²) in [5, 5.41) is 150. The third-order valence-corrected chi connectivity index (χ3v) is 11.5. The number of esters is 5. The molecular weight excluding hydrogens is 924 g/mol. The zero-order valence-corrected chi connectivity index (χ0v) is 33.2. The molecule has 4 aromatic rings. The summed E-state index contributed by atoms with van der Waals surface area (Å²) in [4.78, 5) is 84.8. The normalized spacial score (nSPS) is 25.7. The van der Waals surface area contributed by atoms with Crippen LogP contribution in [-0.4, -0.2) is 156 Å². The molecule has 4 aromatic carbocycles. The Morgan fingerprint density at radius 2 is 1.07 bits per heavy atom. The van der Waals surface area contributed by atoms with Gasteiger partial charge in [0, 0.05) is 16.7 Å². The second kappa shape index (κ2) is 14.8. The Labute approximate surface area is 373 Å². The number of aliphatic hydroxyl groups is 3. The lowest BCUT2D eigenvalue weighted by molar-refractivity contribution is -0.339. The van der Waals surface area contributed by atoms with Crippen LogP contribution < -0.4 is 4.74 Å². The maximum Gasteiger partial charge on any atom is 0.340 e. The molecule has 0 saturated carbocycles. The van der Waals surface area contributed by atoms with Gasteiger partial charge < -0.3 is 105 Å². The first-order valence-corrected chi connectivity index (χ1v) is 19.1. The van der Waals surface area contributed by atoms with Crippen molar-refractivity contribution < 1.29 is 133 Å². The van der Waals surface area contributed by atoms with Gasteiger partial charge in [0.2, 0.25) is 35.4 Å². The lowest BCUT2D eigenvalue weighted by Crippen LogP contribution is -2.70. The highest BCUT2D eigenvalue weighted by molar-refractivity contribution is 6.10. The van der Waals surface area contributed by atoms with E-state index in [1.165, 1.54) is 0 Å². The molecule has 6 bridgehead atoms. The summed E-state index contributed by atoms with van der Waals surface area (Å²) in [5.74, 6) is -36.5. The quantitative estimate of drug-likeness (QED) is 0.0491. The maximum absolute atomic E-state index is 14.6. The first kappa shape index (κ1) is 44.3. The van der Waals surface area contributed by atoms with E-state index in [4.69, 9.17) is 33.2 Å². The van der Waals surface area contributed by atoms with Crippen molar-refractivity contribution >= 4 is 35.6 Å². The Kier molecular flexibility index (Phi) is 9.64. The van der Waals surface area contributed by atoms with Crippen molar-refractivity contribution in [3.8, 4) is 80.1 Å². The molecule has 7 atom stereocenters. The van der Waals surface area contributed by atoms with Crippen LogP contribution in [0.25, 0.3) is 11.1 Å². The summed E-state index contributed by atoms with van der Waals surface area (Å²) < 4.78 is 38.9. The first-order valence-electron chi connectivity index (χ1n) is 19.1. The largest absolute Gasteiger partial charge is 0.504 e. The number of cyclic esters (lactones) is 1. The fourth-order valence-electron chi connectivity index (χ4n) is 8.25. The van der Waals surface area contributed by atoms with E-state index in [1.54, 1.807) is 0 Å². The van der Waals surface area contributed by atoms with Crippen LogP contribution in [0.15, 0.2) is 42.0 Å². The standard InChI is InChI=1S/C41H28O27/c42-13-1-8(2-14(43)24(13)48)34(54)67-39-33-32-30(64-38(58)12-6-19(47)41(61)40(59,60)23(12)22-11(37(57)66-33)5-17(46)27(51)31(22)68-41)18(63-39)7-62-35(55)9-3-15(44)25(49)28(52)20(9)21-10(36(56)65-32)4-16(45)26(50)29(21)53/h1-6,18,23,30,32-33,39,42-46,48-53,59-61H,7H2/t18-,23?,30-,32+,33-,39+,41?/m0/s1. The smallest absolute Gasteiger partial charge is 0.340 e. The summed E-state index contributed by atoms with van der Waals surface area (Å²) >= 11 is 0. The zero-order chi connectivity index (χ0) is 49.4. The number of ketones is 1. The van der Waals surface area contributed by atoms with Gasteiger partial charge >= 0.3 is 35.6 Å². The van der Waals surface area contributed by atoms with E-state index in [1.807, 2.05) is 0 Å². The van der Waals surface area contributed by atoms with Crippen LogP contribution in [0.1, 0.15) is 52.9 Å². The predicted octanol–water partition coefficient (Wildman–Crippen LogP) is -1.10. The van der Waals surface area contributed by atoms with E-state index >= 15 is 0 Å². The fourth-order valence-corrected chi connectivity index (χ4v) is 8.25. The van der Waals surface area contributed by atoms with Gasteiger partial charge in [-0.1, -0.05) is 0 Å². The van der Waals surface area contributed by atoms with E-state index in [0.29, 0.717) is 30.3 Å². The molecule has 5 aliphatic rings. The number of hydrogen-bond donors (Lipinski definition) is 14. The monoisotopic (exact) mass is 952 g/mol. The molecule has 14 N–H and O–H groups in total. The lowest BCUT2D eigenvalue weighted by Gasteiger charge is -2.49. The molecule has 27 nitrogen and oxygen atoms in total. The van der Waals surface area contributed by atoms with Gasteiger partial charge in [0.15, 0.2) is 64.0 Å². The summed E-state index contributed by atoms with van der Waals surface area (Å²) in [5.41, 5.74) is -8.48. The molecule has 0 aromatic heterocycles. The van der Waals surface area contributed by atoms with Gasteiger partial charge in [-0.05, 0) is 36.4 Å². The molecule has 1 saturated heterocycles. The molecule has 0 spiro atoms. The number of aromatic hydroxyl groups is 11. The lowest BCUT2D eigenvalue weighted by atomic mass is 9.70. The van der Waals surface area contributed by atoms with Crippen molar-refractivity contribution in [1.29, 1.82) is 0 Å². The molecule has 27 heteroatoms. The van der Waals surface area contributed by atoms with Gasteiger partial charge in [0.25, 0.3) is 5.79 Å². The van der Waals surface area contributed by atoms with Gasteiger partial charge in [-0.3, -0.25) is 4.79 Å². The Hall–Kier alpha value is -8.92. The van der Waals surface area contributed by atoms with E-state index in [-0.39, 0.29) is 6.08 Å². The van der Waals surface area contributed by atoms with Crippen LogP contribution in [0.3, 0.4) is 0 Å². The summed E-state index contributed by atoms with van der Waals surface area (Å²) in [6.07, 6.45) is -12.1. The van der Waals surface area contributed by atoms with Crippen molar-refractivity contribution in [2.24, 2.45) is 0 Å². The molecule has 4 heterocycles. The highest BCUT2D eigenvalue weighted by Crippen LogP contribution is 2.59. The molecule has 1 aliphatic carbocycles. The summed E-state index contributed by atoms with van der Waals surface area (Å²) in [6.45, 7) is -1.31. The second-order valence-electron chi connectivity index (χ2n) is 15.5. The van der Waals surface area contributed by atoms with Crippen LogP contribution in [-0.2, 0) is 38.0 Å². The fraction of sp³-hybridized carbons (Fsp3) is 0.220. The van der Waals surface area contributed by atoms with Crippen LogP contribution in [0.5, 0.6) is 69.0 Å². The third-order valence-electron chi connectivity index (χ3n) is 11.5. The topological polar surface area (TPSA) is 450 Å². The molecule has 0 amide bonds. The van der Waals surface area contributed by atoms with Crippen molar-refractivity contribution in [1.82, 2.24) is 0 Å². The molecule has 2 unspecified atom stereocenters. The summed E-state index contributed by atoms with van der Waals surface area (Å²) in [6, 6.07) is 2.32. The van der Waals surface area contributed by atoms with Crippen LogP contribution in [0.2, 0.25) is 0 Å². The predicted molar refractivity (Wildman–Crippen MR) is 204 cm³/mol. The van der Waals surface area contributed by atoms with Gasteiger partial charge in [-0.25, -0.2) is 24.0 Å². The van der Waals surface area contributed by atoms with Gasteiger partial charge in [0.1, 0.15) is 12.7 Å². The van der Waals surface area contributed by atoms with Gasteiger partial charge in [0.05, 0.1) is 33.7 Å². The SMILES string of the molecule is O=C1O[C@@H]2[C@H]3OC(=O)c4cc(O)c(O)c(O)c4-c4c(cc(O)c(O)c4O)C(=O)OC[C@@H]2O[C@H](OC(=O)c2cc(O)c(O)c(O)c2)[C@H]3OC(=O)c2cc(O)c(O)c3c2C2C1=CC(=O)C(O)(O3)C2(O)O. The number of carbonyl (C=O) groups is 6. The van der Waals surface area contributed by atoms with Crippen LogP contribution in [0.4, 0.5) is 0 Å². The van der Waals surface area contributed by atoms with Crippen molar-refractivity contribution in [2.45, 2.75) is 48.2 Å². The highest BCUT2D eigenvalue weighted by Gasteiger charge is 2.70. The van der Waals surface area contributed by atoms with Crippen molar-refractivity contribution in [3.63, 3.8) is 0 Å². The maximum atomic E-state index is 14.6. The highest BCUT2D eigenvalue weighted by atomic mass is 16.8. The van der Waals surface area contributed by atoms with E-state index < -0.39 is 204 Å². The minimum absolute atomic E-state index is 0.264. The average Bonchev–Trinajstić information content (AvgIpc) is 3.28. The molecule has 9 rings (SSSR count). The second-order valence-corrected chi connectivity index (χ2v) is 15.5. The zero-order valence-electron chi connectivity index (χ0n) is 33.2. The van der Waals surface area contributed by atoms with Crippen molar-refractivity contribution in [3.05, 3.63) is 69.8 Å². The Morgan fingerprint density at radius 3 is 1.68 bits per heavy atom. The van der Waals surface area contributed by atoms with E-state index in [9.17, 15) is 100 Å². The summed E-state index contributed by atoms with van der Waals surface area (Å²) in [7, 11) is 0. The van der Waals surface area contributed by atoms with Gasteiger partial charge in [-0.15, -0.1) is 0 Å². The number of phenolic OH excluding ortho intramolecular Hbond substituents is 11. The first-order chi connectivity index (χ1) is 31.9. The van der Waals surface area contributed by atoms with E-state index in [2.05, 4.69) is 0 Å². The molecule has 354 valence electrons. The Bertz CT molecular complexity index is 3020. The number of carbonyl (C=O) groups excluding carboxylic acids is 6. The van der Waals surface area contributed by atoms with Gasteiger partial charge in [-0.2, -0.15) is 0 Å². The van der Waals surface area contributed by atoms with Crippen molar-refractivity contribution in [2.75, 3.05) is 6.61 Å². The minimum Gasteiger partial charge on any atom is -0.504 e.